The first-order chi connectivity index (χ1) is 22.4. The van der Waals surface area contributed by atoms with Crippen molar-refractivity contribution < 1.29 is 42.9 Å². The lowest BCUT2D eigenvalue weighted by molar-refractivity contribution is -0.144. The highest BCUT2D eigenvalue weighted by Gasteiger charge is 2.39. The first-order valence-corrected chi connectivity index (χ1v) is 15.5. The lowest BCUT2D eigenvalue weighted by Crippen LogP contribution is -2.31. The number of ether oxygens (including phenoxy) is 3. The molecule has 1 aliphatic carbocycles. The molecule has 0 bridgehead atoms. The SMILES string of the molecule is CCOC(=O)/C(Cl)=C/c1cc(N2C(=O)C3=C(CCCC3)C2=O)ccc1Cl.C[C@@H](Oc1ccc(Oc2ncc(Cl)cc2F)cc1)C(=O)O. The van der Waals surface area contributed by atoms with Crippen molar-refractivity contribution in [3.63, 3.8) is 0 Å². The Morgan fingerprint density at radius 2 is 1.64 bits per heavy atom. The second-order valence-electron chi connectivity index (χ2n) is 10.1. The molecule has 0 spiro atoms. The van der Waals surface area contributed by atoms with Crippen LogP contribution >= 0.6 is 34.8 Å². The molecule has 1 atom stereocenters. The molecular formula is C33H28Cl3FN2O8. The zero-order valence-corrected chi connectivity index (χ0v) is 27.4. The highest BCUT2D eigenvalue weighted by atomic mass is 35.5. The molecule has 0 unspecified atom stereocenters. The summed E-state index contributed by atoms with van der Waals surface area (Å²) in [7, 11) is 0. The Balaban J connectivity index is 0.000000218. The molecule has 2 heterocycles. The van der Waals surface area contributed by atoms with Crippen molar-refractivity contribution in [1.29, 1.82) is 0 Å². The molecular weight excluding hydrogens is 678 g/mol. The molecule has 0 saturated heterocycles. The number of hydrogen-bond donors (Lipinski definition) is 1. The lowest BCUT2D eigenvalue weighted by Gasteiger charge is -2.16. The molecule has 47 heavy (non-hydrogen) atoms. The first kappa shape index (κ1) is 35.4. The number of anilines is 1. The van der Waals surface area contributed by atoms with Gasteiger partial charge in [0.25, 0.3) is 17.7 Å². The minimum Gasteiger partial charge on any atom is -0.479 e. The zero-order valence-electron chi connectivity index (χ0n) is 25.1. The van der Waals surface area contributed by atoms with Gasteiger partial charge in [0.2, 0.25) is 0 Å². The van der Waals surface area contributed by atoms with Gasteiger partial charge < -0.3 is 19.3 Å². The number of hydrogen-bond acceptors (Lipinski definition) is 8. The van der Waals surface area contributed by atoms with Crippen LogP contribution in [0.25, 0.3) is 6.08 Å². The van der Waals surface area contributed by atoms with Crippen LogP contribution in [0.4, 0.5) is 10.1 Å². The molecule has 0 fully saturated rings. The number of amides is 2. The molecule has 2 amide bonds. The summed E-state index contributed by atoms with van der Waals surface area (Å²) in [6.07, 6.45) is 4.75. The maximum atomic E-state index is 13.5. The largest absolute Gasteiger partial charge is 0.479 e. The number of carbonyl (C=O) groups excluding carboxylic acids is 3. The molecule has 5 rings (SSSR count). The fourth-order valence-corrected chi connectivity index (χ4v) is 5.07. The fraction of sp³-hybridized carbons (Fsp3) is 0.242. The minimum absolute atomic E-state index is 0.137. The van der Waals surface area contributed by atoms with E-state index >= 15 is 0 Å². The van der Waals surface area contributed by atoms with Crippen molar-refractivity contribution in [2.75, 3.05) is 11.5 Å². The molecule has 246 valence electrons. The van der Waals surface area contributed by atoms with Crippen LogP contribution in [0.1, 0.15) is 45.1 Å². The van der Waals surface area contributed by atoms with Crippen molar-refractivity contribution in [3.8, 4) is 17.4 Å². The summed E-state index contributed by atoms with van der Waals surface area (Å²) in [5, 5.41) is 9.11. The Kier molecular flexibility index (Phi) is 12.0. The van der Waals surface area contributed by atoms with Crippen LogP contribution in [0.15, 0.2) is 70.9 Å². The average molecular weight is 706 g/mol. The van der Waals surface area contributed by atoms with Crippen LogP contribution in [-0.4, -0.2) is 46.6 Å². The first-order valence-electron chi connectivity index (χ1n) is 14.3. The highest BCUT2D eigenvalue weighted by Crippen LogP contribution is 2.37. The number of benzene rings is 2. The predicted molar refractivity (Wildman–Crippen MR) is 173 cm³/mol. The molecule has 14 heteroatoms. The molecule has 10 nitrogen and oxygen atoms in total. The van der Waals surface area contributed by atoms with E-state index in [4.69, 9.17) is 54.1 Å². The summed E-state index contributed by atoms with van der Waals surface area (Å²) in [5.41, 5.74) is 2.04. The van der Waals surface area contributed by atoms with E-state index in [-0.39, 0.29) is 34.4 Å². The molecule has 1 aromatic heterocycles. The summed E-state index contributed by atoms with van der Waals surface area (Å²) < 4.78 is 28.8. The van der Waals surface area contributed by atoms with Crippen LogP contribution in [-0.2, 0) is 23.9 Å². The van der Waals surface area contributed by atoms with E-state index in [0.717, 1.165) is 18.9 Å². The van der Waals surface area contributed by atoms with Gasteiger partial charge in [0, 0.05) is 22.4 Å². The minimum atomic E-state index is -1.07. The molecule has 3 aromatic rings. The number of nitrogens with zero attached hydrogens (tertiary/aromatic N) is 2. The number of carbonyl (C=O) groups is 4. The Labute approximate surface area is 284 Å². The highest BCUT2D eigenvalue weighted by molar-refractivity contribution is 6.43. The molecule has 2 aromatic carbocycles. The van der Waals surface area contributed by atoms with Crippen molar-refractivity contribution in [3.05, 3.63) is 92.3 Å². The predicted octanol–water partition coefficient (Wildman–Crippen LogP) is 7.74. The lowest BCUT2D eigenvalue weighted by atomic mass is 9.93. The van der Waals surface area contributed by atoms with E-state index in [1.54, 1.807) is 25.1 Å². The fourth-order valence-electron chi connectivity index (χ4n) is 4.58. The van der Waals surface area contributed by atoms with Gasteiger partial charge in [0.05, 0.1) is 17.3 Å². The average Bonchev–Trinajstić information content (AvgIpc) is 3.30. The second-order valence-corrected chi connectivity index (χ2v) is 11.4. The molecule has 1 N–H and O–H groups in total. The van der Waals surface area contributed by atoms with E-state index in [2.05, 4.69) is 4.98 Å². The third kappa shape index (κ3) is 8.88. The van der Waals surface area contributed by atoms with Gasteiger partial charge in [-0.2, -0.15) is 0 Å². The monoisotopic (exact) mass is 704 g/mol. The topological polar surface area (TPSA) is 132 Å². The Morgan fingerprint density at radius 1 is 1.02 bits per heavy atom. The number of esters is 1. The van der Waals surface area contributed by atoms with E-state index in [9.17, 15) is 23.6 Å². The quantitative estimate of drug-likeness (QED) is 0.135. The van der Waals surface area contributed by atoms with Crippen LogP contribution in [0.3, 0.4) is 0 Å². The van der Waals surface area contributed by atoms with Gasteiger partial charge in [-0.05, 0) is 99.7 Å². The van der Waals surface area contributed by atoms with E-state index in [0.29, 0.717) is 51.8 Å². The summed E-state index contributed by atoms with van der Waals surface area (Å²) in [4.78, 5) is 52.6. The van der Waals surface area contributed by atoms with Crippen molar-refractivity contribution >= 4 is 70.3 Å². The summed E-state index contributed by atoms with van der Waals surface area (Å²) in [6, 6.07) is 11.9. The molecule has 0 radical (unpaired) electrons. The number of rotatable bonds is 9. The number of imide groups is 1. The van der Waals surface area contributed by atoms with Crippen LogP contribution < -0.4 is 14.4 Å². The second kappa shape index (κ2) is 15.9. The van der Waals surface area contributed by atoms with Crippen LogP contribution in [0.2, 0.25) is 10.0 Å². The standard InChI is InChI=1S/C19H17Cl2NO4.C14H11ClFNO4/c1-2-26-19(25)16(21)10-11-9-12(7-8-15(11)20)22-17(23)13-5-3-4-6-14(13)18(22)24;1-8(14(18)19)20-10-2-4-11(5-3-10)21-13-12(16)6-9(15)7-17-13/h7-10H,2-6H2,1H3;2-8H,1H3,(H,18,19)/b16-10-;/t;8-/m.1/s1. The maximum Gasteiger partial charge on any atom is 0.349 e. The summed E-state index contributed by atoms with van der Waals surface area (Å²) >= 11 is 17.7. The molecule has 2 aliphatic rings. The van der Waals surface area contributed by atoms with Gasteiger partial charge in [-0.25, -0.2) is 23.9 Å². The van der Waals surface area contributed by atoms with Crippen molar-refractivity contribution in [2.45, 2.75) is 45.6 Å². The van der Waals surface area contributed by atoms with Gasteiger partial charge in [-0.3, -0.25) is 9.59 Å². The van der Waals surface area contributed by atoms with Gasteiger partial charge >= 0.3 is 11.9 Å². The smallest absolute Gasteiger partial charge is 0.349 e. The van der Waals surface area contributed by atoms with Crippen molar-refractivity contribution in [1.82, 2.24) is 4.98 Å². The van der Waals surface area contributed by atoms with Crippen LogP contribution in [0.5, 0.6) is 17.4 Å². The van der Waals surface area contributed by atoms with Gasteiger partial charge in [-0.1, -0.05) is 34.8 Å². The van der Waals surface area contributed by atoms with Crippen molar-refractivity contribution in [2.24, 2.45) is 0 Å². The molecule has 1 aliphatic heterocycles. The number of halogens is 4. The maximum absolute atomic E-state index is 13.5. The normalized spacial score (nSPS) is 15.0. The number of carboxylic acid groups (broad SMARTS) is 1. The summed E-state index contributed by atoms with van der Waals surface area (Å²) in [6.45, 7) is 3.29. The Hall–Kier alpha value is -4.45. The van der Waals surface area contributed by atoms with E-state index in [1.807, 2.05) is 0 Å². The number of carboxylic acids is 1. The Bertz CT molecular complexity index is 1730. The Morgan fingerprint density at radius 3 is 2.21 bits per heavy atom. The zero-order chi connectivity index (χ0) is 34.2. The van der Waals surface area contributed by atoms with Gasteiger partial charge in [0.1, 0.15) is 16.5 Å². The third-order valence-electron chi connectivity index (χ3n) is 6.85. The van der Waals surface area contributed by atoms with Gasteiger partial charge in [-0.15, -0.1) is 0 Å². The molecule has 0 saturated carbocycles. The number of pyridine rings is 1. The van der Waals surface area contributed by atoms with E-state index in [1.165, 1.54) is 48.4 Å². The van der Waals surface area contributed by atoms with Gasteiger partial charge in [0.15, 0.2) is 11.9 Å². The van der Waals surface area contributed by atoms with Crippen LogP contribution in [0, 0.1) is 5.82 Å². The number of aromatic nitrogens is 1. The number of aliphatic carboxylic acids is 1. The van der Waals surface area contributed by atoms with E-state index < -0.39 is 23.9 Å². The third-order valence-corrected chi connectivity index (χ3v) is 7.67. The summed E-state index contributed by atoms with van der Waals surface area (Å²) in [5.74, 6) is -2.48.